The molecule has 1 aliphatic rings. The Kier molecular flexibility index (Phi) is 5.76. The van der Waals surface area contributed by atoms with Crippen LogP contribution in [0.5, 0.6) is 0 Å². The summed E-state index contributed by atoms with van der Waals surface area (Å²) < 4.78 is 11.1. The normalized spacial score (nSPS) is 21.9. The van der Waals surface area contributed by atoms with Crippen LogP contribution in [0.4, 0.5) is 0 Å². The summed E-state index contributed by atoms with van der Waals surface area (Å²) in [7, 11) is 0. The highest BCUT2D eigenvalue weighted by molar-refractivity contribution is 4.87. The van der Waals surface area contributed by atoms with Crippen molar-refractivity contribution >= 4 is 0 Å². The number of ether oxygens (including phenoxy) is 1. The number of aryl methyl sites for hydroxylation is 1. The molecule has 5 nitrogen and oxygen atoms in total. The van der Waals surface area contributed by atoms with Crippen LogP contribution in [-0.2, 0) is 17.7 Å². The van der Waals surface area contributed by atoms with Crippen LogP contribution in [0.25, 0.3) is 0 Å². The molecule has 0 radical (unpaired) electrons. The van der Waals surface area contributed by atoms with E-state index in [0.29, 0.717) is 5.92 Å². The monoisotopic (exact) mass is 295 g/mol. The lowest BCUT2D eigenvalue weighted by Gasteiger charge is -2.37. The summed E-state index contributed by atoms with van der Waals surface area (Å²) in [5.41, 5.74) is 0.0166. The maximum absolute atomic E-state index is 5.80. The van der Waals surface area contributed by atoms with Crippen LogP contribution in [0.2, 0.25) is 0 Å². The van der Waals surface area contributed by atoms with Crippen molar-refractivity contribution in [1.29, 1.82) is 0 Å². The van der Waals surface area contributed by atoms with Gasteiger partial charge in [0.1, 0.15) is 0 Å². The summed E-state index contributed by atoms with van der Waals surface area (Å²) in [5, 5.41) is 4.09. The van der Waals surface area contributed by atoms with Crippen molar-refractivity contribution in [3.8, 4) is 0 Å². The average Bonchev–Trinajstić information content (AvgIpc) is 2.85. The molecule has 0 saturated carbocycles. The topological polar surface area (TPSA) is 51.4 Å². The maximum atomic E-state index is 5.80. The van der Waals surface area contributed by atoms with Crippen molar-refractivity contribution < 1.29 is 9.26 Å². The zero-order valence-electron chi connectivity index (χ0n) is 13.9. The molecule has 0 N–H and O–H groups in total. The second kappa shape index (κ2) is 7.36. The SMILES string of the molecule is CCCc1nc(CN(CC)C[C@@H]2CCOC(C)(C)C2)no1. The Bertz CT molecular complexity index is 431. The molecular formula is C16H29N3O2. The summed E-state index contributed by atoms with van der Waals surface area (Å²) in [6.07, 6.45) is 4.17. The number of aromatic nitrogens is 2. The van der Waals surface area contributed by atoms with E-state index in [-0.39, 0.29) is 5.60 Å². The lowest BCUT2D eigenvalue weighted by Crippen LogP contribution is -2.39. The van der Waals surface area contributed by atoms with Gasteiger partial charge in [0.15, 0.2) is 5.82 Å². The van der Waals surface area contributed by atoms with Crippen LogP contribution in [0.15, 0.2) is 4.52 Å². The standard InChI is InChI=1S/C16H29N3O2/c1-5-7-15-17-14(18-21-15)12-19(6-2)11-13-8-9-20-16(3,4)10-13/h13H,5-12H2,1-4H3/t13-/m1/s1. The van der Waals surface area contributed by atoms with Crippen LogP contribution in [0, 0.1) is 5.92 Å². The average molecular weight is 295 g/mol. The Morgan fingerprint density at radius 1 is 1.33 bits per heavy atom. The van der Waals surface area contributed by atoms with Gasteiger partial charge in [0, 0.05) is 19.6 Å². The second-order valence-electron chi connectivity index (χ2n) is 6.65. The van der Waals surface area contributed by atoms with Crippen LogP contribution in [0.3, 0.4) is 0 Å². The van der Waals surface area contributed by atoms with Crippen LogP contribution < -0.4 is 0 Å². The highest BCUT2D eigenvalue weighted by atomic mass is 16.5. The predicted molar refractivity (Wildman–Crippen MR) is 82.0 cm³/mol. The zero-order chi connectivity index (χ0) is 15.3. The van der Waals surface area contributed by atoms with Crippen molar-refractivity contribution in [2.75, 3.05) is 19.7 Å². The van der Waals surface area contributed by atoms with Crippen LogP contribution in [-0.4, -0.2) is 40.3 Å². The molecule has 120 valence electrons. The number of hydrogen-bond donors (Lipinski definition) is 0. The third kappa shape index (κ3) is 5.08. The lowest BCUT2D eigenvalue weighted by molar-refractivity contribution is -0.0770. The Hall–Kier alpha value is -0.940. The lowest BCUT2D eigenvalue weighted by atomic mass is 9.88. The molecule has 1 aromatic heterocycles. The molecule has 0 bridgehead atoms. The second-order valence-corrected chi connectivity index (χ2v) is 6.65. The van der Waals surface area contributed by atoms with Gasteiger partial charge in [-0.25, -0.2) is 0 Å². The van der Waals surface area contributed by atoms with E-state index >= 15 is 0 Å². The quantitative estimate of drug-likeness (QED) is 0.774. The van der Waals surface area contributed by atoms with Gasteiger partial charge in [-0.3, -0.25) is 4.90 Å². The Balaban J connectivity index is 1.87. The fourth-order valence-corrected chi connectivity index (χ4v) is 3.05. The smallest absolute Gasteiger partial charge is 0.226 e. The highest BCUT2D eigenvalue weighted by Gasteiger charge is 2.29. The van der Waals surface area contributed by atoms with Crippen molar-refractivity contribution in [3.05, 3.63) is 11.7 Å². The molecule has 0 spiro atoms. The van der Waals surface area contributed by atoms with Gasteiger partial charge in [-0.05, 0) is 45.6 Å². The number of nitrogens with zero attached hydrogens (tertiary/aromatic N) is 3. The van der Waals surface area contributed by atoms with Crippen molar-refractivity contribution in [2.45, 2.75) is 65.5 Å². The van der Waals surface area contributed by atoms with Crippen molar-refractivity contribution in [2.24, 2.45) is 5.92 Å². The molecule has 21 heavy (non-hydrogen) atoms. The van der Waals surface area contributed by atoms with E-state index in [1.165, 1.54) is 0 Å². The third-order valence-corrected chi connectivity index (χ3v) is 4.10. The van der Waals surface area contributed by atoms with Gasteiger partial charge >= 0.3 is 0 Å². The van der Waals surface area contributed by atoms with Gasteiger partial charge in [-0.1, -0.05) is 19.0 Å². The van der Waals surface area contributed by atoms with Crippen molar-refractivity contribution in [1.82, 2.24) is 15.0 Å². The molecule has 0 unspecified atom stereocenters. The van der Waals surface area contributed by atoms with Gasteiger partial charge < -0.3 is 9.26 Å². The van der Waals surface area contributed by atoms with E-state index in [1.807, 2.05) is 0 Å². The van der Waals surface area contributed by atoms with Crippen LogP contribution >= 0.6 is 0 Å². The molecule has 0 aromatic carbocycles. The molecule has 1 atom stereocenters. The molecule has 0 aliphatic carbocycles. The zero-order valence-corrected chi connectivity index (χ0v) is 13.9. The minimum absolute atomic E-state index is 0.0166. The Morgan fingerprint density at radius 3 is 2.81 bits per heavy atom. The largest absolute Gasteiger partial charge is 0.376 e. The molecular weight excluding hydrogens is 266 g/mol. The molecule has 0 amide bonds. The molecule has 1 fully saturated rings. The van der Waals surface area contributed by atoms with E-state index in [9.17, 15) is 0 Å². The third-order valence-electron chi connectivity index (χ3n) is 4.10. The van der Waals surface area contributed by atoms with E-state index < -0.39 is 0 Å². The van der Waals surface area contributed by atoms with Gasteiger partial charge in [-0.2, -0.15) is 4.98 Å². The van der Waals surface area contributed by atoms with Gasteiger partial charge in [0.25, 0.3) is 0 Å². The molecule has 1 aliphatic heterocycles. The summed E-state index contributed by atoms with van der Waals surface area (Å²) in [6, 6.07) is 0. The van der Waals surface area contributed by atoms with E-state index in [1.54, 1.807) is 0 Å². The summed E-state index contributed by atoms with van der Waals surface area (Å²) in [5.74, 6) is 2.26. The molecule has 2 rings (SSSR count). The molecule has 1 saturated heterocycles. The summed E-state index contributed by atoms with van der Waals surface area (Å²) in [6.45, 7) is 12.4. The first-order valence-electron chi connectivity index (χ1n) is 8.20. The van der Waals surface area contributed by atoms with Gasteiger partial charge in [-0.15, -0.1) is 0 Å². The van der Waals surface area contributed by atoms with E-state index in [4.69, 9.17) is 9.26 Å². The summed E-state index contributed by atoms with van der Waals surface area (Å²) >= 11 is 0. The Morgan fingerprint density at radius 2 is 2.14 bits per heavy atom. The van der Waals surface area contributed by atoms with Gasteiger partial charge in [0.2, 0.25) is 5.89 Å². The highest BCUT2D eigenvalue weighted by Crippen LogP contribution is 2.29. The van der Waals surface area contributed by atoms with Gasteiger partial charge in [0.05, 0.1) is 12.1 Å². The first kappa shape index (κ1) is 16.4. The minimum atomic E-state index is 0.0166. The first-order valence-corrected chi connectivity index (χ1v) is 8.20. The fourth-order valence-electron chi connectivity index (χ4n) is 3.05. The molecule has 1 aromatic rings. The fraction of sp³-hybridized carbons (Fsp3) is 0.875. The minimum Gasteiger partial charge on any atom is -0.376 e. The maximum Gasteiger partial charge on any atom is 0.226 e. The first-order chi connectivity index (χ1) is 10.0. The van der Waals surface area contributed by atoms with Crippen LogP contribution in [0.1, 0.15) is 58.7 Å². The van der Waals surface area contributed by atoms with E-state index in [2.05, 4.69) is 42.7 Å². The Labute approximate surface area is 128 Å². The molecule has 2 heterocycles. The predicted octanol–water partition coefficient (Wildman–Crippen LogP) is 3.05. The van der Waals surface area contributed by atoms with Crippen molar-refractivity contribution in [3.63, 3.8) is 0 Å². The number of rotatable bonds is 7. The summed E-state index contributed by atoms with van der Waals surface area (Å²) in [4.78, 5) is 6.87. The van der Waals surface area contributed by atoms with E-state index in [0.717, 1.165) is 63.6 Å². The molecule has 5 heteroatoms. The number of hydrogen-bond acceptors (Lipinski definition) is 5.